The molecule has 0 spiro atoms. The van der Waals surface area contributed by atoms with Crippen LogP contribution in [0.15, 0.2) is 22.7 Å². The predicted molar refractivity (Wildman–Crippen MR) is 104 cm³/mol. The SMILES string of the molecule is CNCc1nnc(C(=O)N2CCN(Cc3ccc(N4CCCC4)nc3)CC2)o1. The summed E-state index contributed by atoms with van der Waals surface area (Å²) in [4.78, 5) is 23.6. The topological polar surface area (TPSA) is 90.6 Å². The van der Waals surface area contributed by atoms with Crippen LogP contribution in [0.2, 0.25) is 0 Å². The number of carbonyl (C=O) groups excluding carboxylic acids is 1. The third-order valence-electron chi connectivity index (χ3n) is 5.28. The van der Waals surface area contributed by atoms with E-state index in [1.807, 2.05) is 6.20 Å². The number of pyridine rings is 1. The number of carbonyl (C=O) groups is 1. The first-order valence-electron chi connectivity index (χ1n) is 9.91. The van der Waals surface area contributed by atoms with Crippen LogP contribution in [-0.4, -0.2) is 77.2 Å². The van der Waals surface area contributed by atoms with Gasteiger partial charge in [-0.2, -0.15) is 0 Å². The second kappa shape index (κ2) is 8.66. The van der Waals surface area contributed by atoms with Crippen molar-refractivity contribution in [2.24, 2.45) is 0 Å². The van der Waals surface area contributed by atoms with Crippen molar-refractivity contribution in [3.63, 3.8) is 0 Å². The number of anilines is 1. The Morgan fingerprint density at radius 2 is 1.89 bits per heavy atom. The number of aromatic nitrogens is 3. The van der Waals surface area contributed by atoms with Gasteiger partial charge in [0, 0.05) is 52.0 Å². The van der Waals surface area contributed by atoms with Crippen LogP contribution in [-0.2, 0) is 13.1 Å². The summed E-state index contributed by atoms with van der Waals surface area (Å²) >= 11 is 0. The van der Waals surface area contributed by atoms with Crippen molar-refractivity contribution in [1.82, 2.24) is 30.3 Å². The van der Waals surface area contributed by atoms with Crippen molar-refractivity contribution < 1.29 is 9.21 Å². The molecule has 0 radical (unpaired) electrons. The summed E-state index contributed by atoms with van der Waals surface area (Å²) < 4.78 is 5.41. The molecule has 0 atom stereocenters. The highest BCUT2D eigenvalue weighted by molar-refractivity contribution is 5.89. The maximum atomic E-state index is 12.5. The molecule has 2 aromatic heterocycles. The largest absolute Gasteiger partial charge is 0.415 e. The van der Waals surface area contributed by atoms with Crippen LogP contribution >= 0.6 is 0 Å². The lowest BCUT2D eigenvalue weighted by Gasteiger charge is -2.34. The van der Waals surface area contributed by atoms with Crippen LogP contribution in [0.5, 0.6) is 0 Å². The van der Waals surface area contributed by atoms with Gasteiger partial charge in [0.1, 0.15) is 5.82 Å². The highest BCUT2D eigenvalue weighted by atomic mass is 16.4. The van der Waals surface area contributed by atoms with E-state index in [1.165, 1.54) is 18.4 Å². The van der Waals surface area contributed by atoms with Gasteiger partial charge in [-0.1, -0.05) is 6.07 Å². The molecule has 4 rings (SSSR count). The minimum atomic E-state index is -0.189. The standard InChI is InChI=1S/C19H27N7O2/c1-20-13-17-22-23-18(28-17)19(27)26-10-8-24(9-11-26)14-15-4-5-16(21-12-15)25-6-2-3-7-25/h4-5,12,20H,2-3,6-11,13-14H2,1H3. The molecule has 0 unspecified atom stereocenters. The lowest BCUT2D eigenvalue weighted by Crippen LogP contribution is -2.48. The molecule has 150 valence electrons. The number of hydrogen-bond donors (Lipinski definition) is 1. The van der Waals surface area contributed by atoms with Gasteiger partial charge in [-0.3, -0.25) is 9.69 Å². The van der Waals surface area contributed by atoms with E-state index in [1.54, 1.807) is 11.9 Å². The van der Waals surface area contributed by atoms with Gasteiger partial charge in [0.15, 0.2) is 0 Å². The van der Waals surface area contributed by atoms with Crippen LogP contribution in [0.3, 0.4) is 0 Å². The molecule has 0 bridgehead atoms. The molecule has 2 fully saturated rings. The van der Waals surface area contributed by atoms with Gasteiger partial charge in [0.2, 0.25) is 5.89 Å². The third-order valence-corrected chi connectivity index (χ3v) is 5.28. The summed E-state index contributed by atoms with van der Waals surface area (Å²) in [5.41, 5.74) is 1.20. The van der Waals surface area contributed by atoms with Crippen molar-refractivity contribution in [1.29, 1.82) is 0 Å². The molecule has 28 heavy (non-hydrogen) atoms. The predicted octanol–water partition coefficient (Wildman–Crippen LogP) is 0.742. The molecule has 9 heteroatoms. The second-order valence-electron chi connectivity index (χ2n) is 7.32. The second-order valence-corrected chi connectivity index (χ2v) is 7.32. The average Bonchev–Trinajstić information content (AvgIpc) is 3.41. The zero-order valence-corrected chi connectivity index (χ0v) is 16.3. The highest BCUT2D eigenvalue weighted by Gasteiger charge is 2.26. The number of nitrogens with one attached hydrogen (secondary N) is 1. The summed E-state index contributed by atoms with van der Waals surface area (Å²) in [5.74, 6) is 1.38. The number of nitrogens with zero attached hydrogens (tertiary/aromatic N) is 6. The molecule has 0 aliphatic carbocycles. The first-order chi connectivity index (χ1) is 13.7. The van der Waals surface area contributed by atoms with Gasteiger partial charge in [-0.25, -0.2) is 4.98 Å². The third kappa shape index (κ3) is 4.31. The Balaban J connectivity index is 1.27. The fourth-order valence-corrected chi connectivity index (χ4v) is 3.71. The molecule has 0 saturated carbocycles. The van der Waals surface area contributed by atoms with Crippen molar-refractivity contribution in [3.05, 3.63) is 35.7 Å². The minimum absolute atomic E-state index is 0.0698. The number of piperazine rings is 1. The van der Waals surface area contributed by atoms with Gasteiger partial charge in [-0.15, -0.1) is 10.2 Å². The number of hydrogen-bond acceptors (Lipinski definition) is 8. The molecule has 2 aliphatic rings. The van der Waals surface area contributed by atoms with E-state index in [-0.39, 0.29) is 11.8 Å². The van der Waals surface area contributed by atoms with E-state index in [2.05, 4.69) is 42.4 Å². The molecule has 2 aliphatic heterocycles. The summed E-state index contributed by atoms with van der Waals surface area (Å²) in [6.07, 6.45) is 4.49. The van der Waals surface area contributed by atoms with Crippen LogP contribution in [0, 0.1) is 0 Å². The molecule has 9 nitrogen and oxygen atoms in total. The number of rotatable bonds is 6. The van der Waals surface area contributed by atoms with E-state index in [0.29, 0.717) is 25.5 Å². The first-order valence-corrected chi connectivity index (χ1v) is 9.91. The highest BCUT2D eigenvalue weighted by Crippen LogP contribution is 2.18. The van der Waals surface area contributed by atoms with Gasteiger partial charge in [0.05, 0.1) is 6.54 Å². The zero-order chi connectivity index (χ0) is 19.3. The van der Waals surface area contributed by atoms with Gasteiger partial charge in [0.25, 0.3) is 0 Å². The van der Waals surface area contributed by atoms with Gasteiger partial charge in [-0.05, 0) is 31.5 Å². The molecular weight excluding hydrogens is 358 g/mol. The van der Waals surface area contributed by atoms with Crippen LogP contribution < -0.4 is 10.2 Å². The summed E-state index contributed by atoms with van der Waals surface area (Å²) in [6.45, 7) is 6.47. The van der Waals surface area contributed by atoms with Crippen molar-refractivity contribution in [3.8, 4) is 0 Å². The quantitative estimate of drug-likeness (QED) is 0.779. The van der Waals surface area contributed by atoms with Crippen molar-refractivity contribution in [2.75, 3.05) is 51.2 Å². The maximum Gasteiger partial charge on any atom is 0.311 e. The Morgan fingerprint density at radius 1 is 1.11 bits per heavy atom. The van der Waals surface area contributed by atoms with Crippen molar-refractivity contribution in [2.45, 2.75) is 25.9 Å². The molecule has 4 heterocycles. The fourth-order valence-electron chi connectivity index (χ4n) is 3.71. The van der Waals surface area contributed by atoms with Gasteiger partial charge < -0.3 is 19.5 Å². The monoisotopic (exact) mass is 385 g/mol. The molecule has 1 amide bonds. The Morgan fingerprint density at radius 3 is 2.57 bits per heavy atom. The Hall–Kier alpha value is -2.52. The molecule has 1 N–H and O–H groups in total. The van der Waals surface area contributed by atoms with Crippen molar-refractivity contribution >= 4 is 11.7 Å². The Bertz CT molecular complexity index is 778. The molecular formula is C19H27N7O2. The number of amides is 1. The van der Waals surface area contributed by atoms with E-state index in [0.717, 1.165) is 38.5 Å². The normalized spacial score (nSPS) is 18.0. The zero-order valence-electron chi connectivity index (χ0n) is 16.3. The Kier molecular flexibility index (Phi) is 5.82. The van der Waals surface area contributed by atoms with E-state index < -0.39 is 0 Å². The van der Waals surface area contributed by atoms with E-state index in [4.69, 9.17) is 4.42 Å². The average molecular weight is 385 g/mol. The van der Waals surface area contributed by atoms with E-state index >= 15 is 0 Å². The fraction of sp³-hybridized carbons (Fsp3) is 0.579. The molecule has 2 saturated heterocycles. The van der Waals surface area contributed by atoms with Crippen LogP contribution in [0.1, 0.15) is 35.0 Å². The first kappa shape index (κ1) is 18.8. The smallest absolute Gasteiger partial charge is 0.311 e. The molecule has 2 aromatic rings. The van der Waals surface area contributed by atoms with Crippen LogP contribution in [0.4, 0.5) is 5.82 Å². The lowest BCUT2D eigenvalue weighted by atomic mass is 10.2. The van der Waals surface area contributed by atoms with Gasteiger partial charge >= 0.3 is 11.8 Å². The summed E-state index contributed by atoms with van der Waals surface area (Å²) in [7, 11) is 1.79. The van der Waals surface area contributed by atoms with Crippen LogP contribution in [0.25, 0.3) is 0 Å². The lowest BCUT2D eigenvalue weighted by molar-refractivity contribution is 0.0588. The summed E-state index contributed by atoms with van der Waals surface area (Å²) in [6, 6.07) is 4.29. The van der Waals surface area contributed by atoms with E-state index in [9.17, 15) is 4.79 Å². The maximum absolute atomic E-state index is 12.5. The minimum Gasteiger partial charge on any atom is -0.415 e. The Labute approximate surface area is 164 Å². The molecule has 0 aromatic carbocycles. The summed E-state index contributed by atoms with van der Waals surface area (Å²) in [5, 5.41) is 10.7.